The number of quaternary nitrogens is 1. The predicted octanol–water partition coefficient (Wildman–Crippen LogP) is 19.8. The summed E-state index contributed by atoms with van der Waals surface area (Å²) in [6.45, 7) is 4.88. The standard InChI is InChI=1S/C63H127N2O6P/c1-6-8-10-12-14-16-18-20-22-24-26-28-30-31-32-33-34-35-37-39-41-43-45-47-49-51-53-55-57-63(67)64-61(60-71-72(68,69)70-59-58-65(3,4)5)62(66)56-54-52-50-48-46-44-42-40-38-36-29-27-25-23-21-19-17-15-13-11-9-7-2/h54,56,61-62,66H,6-53,55,57-60H2,1-5H3,(H-,64,67,68,69)/p+1/b56-54+. The largest absolute Gasteiger partial charge is 0.472 e. The number of hydrogen-bond donors (Lipinski definition) is 3. The first-order valence-corrected chi connectivity index (χ1v) is 33.6. The van der Waals surface area contributed by atoms with Crippen LogP contribution in [0.3, 0.4) is 0 Å². The van der Waals surface area contributed by atoms with E-state index in [0.29, 0.717) is 17.4 Å². The van der Waals surface area contributed by atoms with E-state index in [1.165, 1.54) is 283 Å². The minimum absolute atomic E-state index is 0.0654. The molecule has 0 aliphatic carbocycles. The van der Waals surface area contributed by atoms with Gasteiger partial charge in [0.25, 0.3) is 0 Å². The van der Waals surface area contributed by atoms with Crippen molar-refractivity contribution in [2.75, 3.05) is 40.9 Å². The summed E-state index contributed by atoms with van der Waals surface area (Å²) in [6, 6.07) is -0.843. The Balaban J connectivity index is 4.08. The van der Waals surface area contributed by atoms with Gasteiger partial charge in [0.15, 0.2) is 0 Å². The van der Waals surface area contributed by atoms with E-state index in [1.54, 1.807) is 6.08 Å². The molecule has 0 heterocycles. The molecule has 3 unspecified atom stereocenters. The molecule has 0 saturated heterocycles. The molecule has 1 amide bonds. The van der Waals surface area contributed by atoms with Gasteiger partial charge in [-0.25, -0.2) is 4.57 Å². The molecule has 0 aromatic heterocycles. The molecule has 72 heavy (non-hydrogen) atoms. The maximum absolute atomic E-state index is 13.0. The third-order valence-electron chi connectivity index (χ3n) is 15.0. The van der Waals surface area contributed by atoms with E-state index in [1.807, 2.05) is 27.2 Å². The van der Waals surface area contributed by atoms with E-state index in [0.717, 1.165) is 32.1 Å². The van der Waals surface area contributed by atoms with Crippen LogP contribution in [-0.4, -0.2) is 73.4 Å². The van der Waals surface area contributed by atoms with Gasteiger partial charge in [0.05, 0.1) is 39.9 Å². The lowest BCUT2D eigenvalue weighted by atomic mass is 10.0. The fourth-order valence-electron chi connectivity index (χ4n) is 9.99. The van der Waals surface area contributed by atoms with Crippen LogP contribution in [0.15, 0.2) is 12.2 Å². The first-order valence-electron chi connectivity index (χ1n) is 32.1. The molecule has 0 aromatic carbocycles. The third-order valence-corrected chi connectivity index (χ3v) is 16.0. The number of hydrogen-bond acceptors (Lipinski definition) is 5. The van der Waals surface area contributed by atoms with Crippen molar-refractivity contribution in [2.45, 2.75) is 347 Å². The average Bonchev–Trinajstić information content (AvgIpc) is 3.34. The summed E-state index contributed by atoms with van der Waals surface area (Å²) in [6.07, 6.45) is 69.1. The Hall–Kier alpha value is -0.760. The van der Waals surface area contributed by atoms with Crippen LogP contribution in [0.25, 0.3) is 0 Å². The van der Waals surface area contributed by atoms with Crippen molar-refractivity contribution in [2.24, 2.45) is 0 Å². The van der Waals surface area contributed by atoms with E-state index in [9.17, 15) is 19.4 Å². The molecular formula is C63H128N2O6P+. The van der Waals surface area contributed by atoms with Gasteiger partial charge < -0.3 is 19.8 Å². The van der Waals surface area contributed by atoms with E-state index in [4.69, 9.17) is 9.05 Å². The normalized spacial score (nSPS) is 13.8. The molecule has 0 fully saturated rings. The number of carbonyl (C=O) groups excluding carboxylic acids is 1. The highest BCUT2D eigenvalue weighted by atomic mass is 31.2. The number of unbranched alkanes of at least 4 members (excludes halogenated alkanes) is 47. The molecule has 3 N–H and O–H groups in total. The summed E-state index contributed by atoms with van der Waals surface area (Å²) < 4.78 is 23.8. The van der Waals surface area contributed by atoms with Crippen molar-refractivity contribution >= 4 is 13.7 Å². The van der Waals surface area contributed by atoms with E-state index < -0.39 is 20.0 Å². The van der Waals surface area contributed by atoms with E-state index >= 15 is 0 Å². The number of nitrogens with zero attached hydrogens (tertiary/aromatic N) is 1. The molecule has 0 bridgehead atoms. The highest BCUT2D eigenvalue weighted by Gasteiger charge is 2.28. The second-order valence-corrected chi connectivity index (χ2v) is 25.0. The van der Waals surface area contributed by atoms with E-state index in [-0.39, 0.29) is 19.1 Å². The number of likely N-dealkylation sites (N-methyl/N-ethyl adjacent to an activating group) is 1. The van der Waals surface area contributed by atoms with Crippen LogP contribution in [0.4, 0.5) is 0 Å². The summed E-state index contributed by atoms with van der Waals surface area (Å²) in [5.41, 5.74) is 0. The SMILES string of the molecule is CCCCCCCCCCCCCCCCCCCCCC/C=C/C(O)C(COP(=O)(O)OCC[N+](C)(C)C)NC(=O)CCCCCCCCCCCCCCCCCCCCCCCCCCCCCC. The highest BCUT2D eigenvalue weighted by molar-refractivity contribution is 7.47. The molecular weight excluding hydrogens is 912 g/mol. The van der Waals surface area contributed by atoms with Crippen LogP contribution in [-0.2, 0) is 18.4 Å². The van der Waals surface area contributed by atoms with Crippen LogP contribution in [0.5, 0.6) is 0 Å². The Kier molecular flexibility index (Phi) is 54.4. The lowest BCUT2D eigenvalue weighted by molar-refractivity contribution is -0.870. The number of allylic oxidation sites excluding steroid dienone is 1. The zero-order valence-corrected chi connectivity index (χ0v) is 50.1. The molecule has 3 atom stereocenters. The average molecular weight is 1040 g/mol. The predicted molar refractivity (Wildman–Crippen MR) is 314 cm³/mol. The van der Waals surface area contributed by atoms with E-state index in [2.05, 4.69) is 19.2 Å². The molecule has 0 radical (unpaired) electrons. The second kappa shape index (κ2) is 55.0. The van der Waals surface area contributed by atoms with Crippen LogP contribution >= 0.6 is 7.82 Å². The van der Waals surface area contributed by atoms with Gasteiger partial charge in [-0.3, -0.25) is 13.8 Å². The smallest absolute Gasteiger partial charge is 0.387 e. The molecule has 9 heteroatoms. The van der Waals surface area contributed by atoms with Crippen LogP contribution in [0.1, 0.15) is 335 Å². The molecule has 0 rings (SSSR count). The maximum Gasteiger partial charge on any atom is 0.472 e. The van der Waals surface area contributed by atoms with Gasteiger partial charge in [-0.05, 0) is 19.3 Å². The van der Waals surface area contributed by atoms with Crippen LogP contribution in [0, 0.1) is 0 Å². The first-order chi connectivity index (χ1) is 35.0. The van der Waals surface area contributed by atoms with Crippen molar-refractivity contribution < 1.29 is 32.9 Å². The minimum Gasteiger partial charge on any atom is -0.387 e. The zero-order chi connectivity index (χ0) is 52.7. The Labute approximate surface area is 450 Å². The fraction of sp³-hybridized carbons (Fsp3) is 0.952. The molecule has 0 aromatic rings. The van der Waals surface area contributed by atoms with Crippen LogP contribution in [0.2, 0.25) is 0 Å². The second-order valence-electron chi connectivity index (χ2n) is 23.5. The molecule has 0 saturated carbocycles. The fourth-order valence-corrected chi connectivity index (χ4v) is 10.7. The highest BCUT2D eigenvalue weighted by Crippen LogP contribution is 2.43. The monoisotopic (exact) mass is 1040 g/mol. The van der Waals surface area contributed by atoms with Crippen molar-refractivity contribution in [3.63, 3.8) is 0 Å². The Bertz CT molecular complexity index is 1180. The number of nitrogens with one attached hydrogen (secondary N) is 1. The summed E-state index contributed by atoms with van der Waals surface area (Å²) in [5, 5.41) is 14.0. The third kappa shape index (κ3) is 57.0. The number of phosphoric ester groups is 1. The summed E-state index contributed by atoms with van der Waals surface area (Å²) in [5.74, 6) is -0.168. The van der Waals surface area contributed by atoms with Gasteiger partial charge >= 0.3 is 7.82 Å². The molecule has 8 nitrogen and oxygen atoms in total. The van der Waals surface area contributed by atoms with Crippen molar-refractivity contribution in [1.82, 2.24) is 5.32 Å². The quantitative estimate of drug-likeness (QED) is 0.0243. The van der Waals surface area contributed by atoms with Crippen molar-refractivity contribution in [3.05, 3.63) is 12.2 Å². The Morgan fingerprint density at radius 1 is 0.458 bits per heavy atom. The van der Waals surface area contributed by atoms with Gasteiger partial charge in [-0.2, -0.15) is 0 Å². The summed E-state index contributed by atoms with van der Waals surface area (Å²) >= 11 is 0. The summed E-state index contributed by atoms with van der Waals surface area (Å²) in [4.78, 5) is 23.4. The number of rotatable bonds is 60. The zero-order valence-electron chi connectivity index (χ0n) is 49.2. The molecule has 430 valence electrons. The van der Waals surface area contributed by atoms with Crippen molar-refractivity contribution in [3.8, 4) is 0 Å². The van der Waals surface area contributed by atoms with Crippen LogP contribution < -0.4 is 5.32 Å². The molecule has 0 aliphatic rings. The van der Waals surface area contributed by atoms with Crippen molar-refractivity contribution in [1.29, 1.82) is 0 Å². The number of phosphoric acid groups is 1. The molecule has 0 aliphatic heterocycles. The number of carbonyl (C=O) groups is 1. The van der Waals surface area contributed by atoms with Gasteiger partial charge in [0.2, 0.25) is 5.91 Å². The van der Waals surface area contributed by atoms with Gasteiger partial charge in [-0.15, -0.1) is 0 Å². The van der Waals surface area contributed by atoms with Gasteiger partial charge in [0, 0.05) is 6.42 Å². The Morgan fingerprint density at radius 3 is 1.03 bits per heavy atom. The van der Waals surface area contributed by atoms with Gasteiger partial charge in [0.1, 0.15) is 13.2 Å². The number of aliphatic hydroxyl groups is 1. The minimum atomic E-state index is -4.35. The first kappa shape index (κ1) is 71.2. The maximum atomic E-state index is 13.0. The topological polar surface area (TPSA) is 105 Å². The lowest BCUT2D eigenvalue weighted by Crippen LogP contribution is -2.45. The van der Waals surface area contributed by atoms with Gasteiger partial charge in [-0.1, -0.05) is 321 Å². The number of aliphatic hydroxyl groups excluding tert-OH is 1. The number of amides is 1. The lowest BCUT2D eigenvalue weighted by Gasteiger charge is -2.25. The molecule has 0 spiro atoms. The summed E-state index contributed by atoms with van der Waals surface area (Å²) in [7, 11) is 1.59. The Morgan fingerprint density at radius 2 is 0.736 bits per heavy atom.